The average molecular weight is 421 g/mol. The monoisotopic (exact) mass is 420 g/mol. The quantitative estimate of drug-likeness (QED) is 0.316. The summed E-state index contributed by atoms with van der Waals surface area (Å²) in [4.78, 5) is 9.54. The number of benzene rings is 2. The number of aromatic nitrogens is 2. The SMILES string of the molecule is Cc1cccc(Cc2ccccc2-c2cc(C(C)C)ccn2)c1-c1ccc(C(C)C)cn1. The molecule has 0 bridgehead atoms. The zero-order valence-corrected chi connectivity index (χ0v) is 19.8. The smallest absolute Gasteiger partial charge is 0.0707 e. The van der Waals surface area contributed by atoms with Crippen LogP contribution in [0.1, 0.15) is 67.3 Å². The molecule has 2 nitrogen and oxygen atoms in total. The first-order valence-corrected chi connectivity index (χ1v) is 11.5. The lowest BCUT2D eigenvalue weighted by Gasteiger charge is -2.16. The molecule has 2 heteroatoms. The Morgan fingerprint density at radius 2 is 1.44 bits per heavy atom. The van der Waals surface area contributed by atoms with Gasteiger partial charge in [0.2, 0.25) is 0 Å². The van der Waals surface area contributed by atoms with Gasteiger partial charge in [-0.25, -0.2) is 0 Å². The van der Waals surface area contributed by atoms with Crippen LogP contribution >= 0.6 is 0 Å². The first-order valence-electron chi connectivity index (χ1n) is 11.5. The summed E-state index contributed by atoms with van der Waals surface area (Å²) in [6, 6.07) is 23.9. The Hall–Kier alpha value is -3.26. The molecule has 0 saturated carbocycles. The van der Waals surface area contributed by atoms with Gasteiger partial charge in [-0.05, 0) is 71.2 Å². The standard InChI is InChI=1S/C30H32N2/c1-20(2)23-15-16-31-29(18-23)27-12-7-6-10-24(27)17-25-11-8-9-22(5)30(25)28-14-13-26(19-32-28)21(3)4/h6-16,18-21H,17H2,1-5H3. The zero-order chi connectivity index (χ0) is 22.7. The lowest BCUT2D eigenvalue weighted by Crippen LogP contribution is -2.00. The van der Waals surface area contributed by atoms with Crippen LogP contribution in [0, 0.1) is 6.92 Å². The van der Waals surface area contributed by atoms with Crippen molar-refractivity contribution in [3.8, 4) is 22.5 Å². The van der Waals surface area contributed by atoms with Gasteiger partial charge in [-0.1, -0.05) is 76.2 Å². The van der Waals surface area contributed by atoms with E-state index < -0.39 is 0 Å². The number of hydrogen-bond acceptors (Lipinski definition) is 2. The minimum Gasteiger partial charge on any atom is -0.256 e. The first-order chi connectivity index (χ1) is 15.4. The summed E-state index contributed by atoms with van der Waals surface area (Å²) in [5.41, 5.74) is 10.9. The molecular weight excluding hydrogens is 388 g/mol. The van der Waals surface area contributed by atoms with Crippen molar-refractivity contribution >= 4 is 0 Å². The molecule has 32 heavy (non-hydrogen) atoms. The van der Waals surface area contributed by atoms with Crippen molar-refractivity contribution in [1.29, 1.82) is 0 Å². The van der Waals surface area contributed by atoms with Crippen molar-refractivity contribution in [3.05, 3.63) is 107 Å². The van der Waals surface area contributed by atoms with Gasteiger partial charge >= 0.3 is 0 Å². The van der Waals surface area contributed by atoms with Crippen LogP contribution in [-0.4, -0.2) is 9.97 Å². The molecule has 0 amide bonds. The highest BCUT2D eigenvalue weighted by molar-refractivity contribution is 5.71. The van der Waals surface area contributed by atoms with Crippen molar-refractivity contribution in [1.82, 2.24) is 9.97 Å². The molecule has 162 valence electrons. The molecule has 2 heterocycles. The molecule has 4 aromatic rings. The molecule has 0 saturated heterocycles. The number of aryl methyl sites for hydroxylation is 1. The second-order valence-electron chi connectivity index (χ2n) is 9.20. The van der Waals surface area contributed by atoms with E-state index >= 15 is 0 Å². The molecule has 0 aliphatic heterocycles. The molecule has 0 unspecified atom stereocenters. The van der Waals surface area contributed by atoms with E-state index in [2.05, 4.69) is 101 Å². The van der Waals surface area contributed by atoms with Crippen LogP contribution in [0.25, 0.3) is 22.5 Å². The fourth-order valence-corrected chi connectivity index (χ4v) is 4.22. The molecule has 0 aliphatic rings. The largest absolute Gasteiger partial charge is 0.256 e. The van der Waals surface area contributed by atoms with Crippen molar-refractivity contribution in [3.63, 3.8) is 0 Å². The Balaban J connectivity index is 1.75. The van der Waals surface area contributed by atoms with Gasteiger partial charge in [0, 0.05) is 23.5 Å². The summed E-state index contributed by atoms with van der Waals surface area (Å²) in [5.74, 6) is 0.959. The lowest BCUT2D eigenvalue weighted by molar-refractivity contribution is 0.858. The summed E-state index contributed by atoms with van der Waals surface area (Å²) in [7, 11) is 0. The molecule has 2 aromatic carbocycles. The number of pyridine rings is 2. The Morgan fingerprint density at radius 1 is 0.688 bits per heavy atom. The van der Waals surface area contributed by atoms with E-state index in [0.717, 1.165) is 17.8 Å². The number of hydrogen-bond donors (Lipinski definition) is 0. The summed E-state index contributed by atoms with van der Waals surface area (Å²) < 4.78 is 0. The maximum absolute atomic E-state index is 4.83. The van der Waals surface area contributed by atoms with Crippen molar-refractivity contribution in [2.45, 2.75) is 52.9 Å². The third kappa shape index (κ3) is 4.65. The highest BCUT2D eigenvalue weighted by atomic mass is 14.7. The van der Waals surface area contributed by atoms with Crippen molar-refractivity contribution in [2.24, 2.45) is 0 Å². The predicted octanol–water partition coefficient (Wildman–Crippen LogP) is 7.96. The first kappa shape index (κ1) is 22.0. The van der Waals surface area contributed by atoms with Gasteiger partial charge in [0.1, 0.15) is 0 Å². The van der Waals surface area contributed by atoms with Crippen LogP contribution < -0.4 is 0 Å². The molecule has 2 aromatic heterocycles. The van der Waals surface area contributed by atoms with Crippen LogP contribution in [0.3, 0.4) is 0 Å². The molecular formula is C30H32N2. The van der Waals surface area contributed by atoms with Gasteiger partial charge < -0.3 is 0 Å². The highest BCUT2D eigenvalue weighted by Gasteiger charge is 2.14. The molecule has 0 N–H and O–H groups in total. The second kappa shape index (κ2) is 9.48. The fraction of sp³-hybridized carbons (Fsp3) is 0.267. The minimum atomic E-state index is 0.479. The van der Waals surface area contributed by atoms with Crippen LogP contribution in [0.15, 0.2) is 79.1 Å². The summed E-state index contributed by atoms with van der Waals surface area (Å²) in [6.07, 6.45) is 4.79. The van der Waals surface area contributed by atoms with Crippen molar-refractivity contribution < 1.29 is 0 Å². The number of rotatable bonds is 6. The Morgan fingerprint density at radius 3 is 2.16 bits per heavy atom. The van der Waals surface area contributed by atoms with Crippen LogP contribution in [-0.2, 0) is 6.42 Å². The zero-order valence-electron chi connectivity index (χ0n) is 19.8. The van der Waals surface area contributed by atoms with E-state index in [-0.39, 0.29) is 0 Å². The van der Waals surface area contributed by atoms with E-state index in [4.69, 9.17) is 9.97 Å². The van der Waals surface area contributed by atoms with Gasteiger partial charge in [0.15, 0.2) is 0 Å². The van der Waals surface area contributed by atoms with Gasteiger partial charge in [0.05, 0.1) is 11.4 Å². The van der Waals surface area contributed by atoms with E-state index in [9.17, 15) is 0 Å². The van der Waals surface area contributed by atoms with Gasteiger partial charge in [-0.2, -0.15) is 0 Å². The lowest BCUT2D eigenvalue weighted by atomic mass is 9.90. The third-order valence-corrected chi connectivity index (χ3v) is 6.19. The van der Waals surface area contributed by atoms with E-state index in [1.54, 1.807) is 0 Å². The van der Waals surface area contributed by atoms with Crippen LogP contribution in [0.4, 0.5) is 0 Å². The van der Waals surface area contributed by atoms with Gasteiger partial charge in [-0.3, -0.25) is 9.97 Å². The van der Waals surface area contributed by atoms with Gasteiger partial charge in [0.25, 0.3) is 0 Å². The molecule has 0 aliphatic carbocycles. The average Bonchev–Trinajstić information content (AvgIpc) is 2.80. The van der Waals surface area contributed by atoms with E-state index in [1.807, 2.05) is 12.4 Å². The Kier molecular flexibility index (Phi) is 6.50. The molecule has 0 atom stereocenters. The third-order valence-electron chi connectivity index (χ3n) is 6.19. The Labute approximate surface area is 192 Å². The maximum Gasteiger partial charge on any atom is 0.0707 e. The van der Waals surface area contributed by atoms with Gasteiger partial charge in [-0.15, -0.1) is 0 Å². The van der Waals surface area contributed by atoms with E-state index in [1.165, 1.54) is 38.9 Å². The minimum absolute atomic E-state index is 0.479. The topological polar surface area (TPSA) is 25.8 Å². The highest BCUT2D eigenvalue weighted by Crippen LogP contribution is 2.32. The van der Waals surface area contributed by atoms with Crippen LogP contribution in [0.5, 0.6) is 0 Å². The van der Waals surface area contributed by atoms with Crippen LogP contribution in [0.2, 0.25) is 0 Å². The second-order valence-corrected chi connectivity index (χ2v) is 9.20. The molecule has 4 rings (SSSR count). The Bertz CT molecular complexity index is 1200. The molecule has 0 fully saturated rings. The normalized spacial score (nSPS) is 11.3. The van der Waals surface area contributed by atoms with Crippen molar-refractivity contribution in [2.75, 3.05) is 0 Å². The summed E-state index contributed by atoms with van der Waals surface area (Å²) >= 11 is 0. The number of nitrogens with zero attached hydrogens (tertiary/aromatic N) is 2. The maximum atomic E-state index is 4.83. The molecule has 0 spiro atoms. The summed E-state index contributed by atoms with van der Waals surface area (Å²) in [5, 5.41) is 0. The predicted molar refractivity (Wildman–Crippen MR) is 135 cm³/mol. The summed E-state index contributed by atoms with van der Waals surface area (Å²) in [6.45, 7) is 11.0. The molecule has 0 radical (unpaired) electrons. The fourth-order valence-electron chi connectivity index (χ4n) is 4.22. The van der Waals surface area contributed by atoms with E-state index in [0.29, 0.717) is 11.8 Å².